The Kier molecular flexibility index (Phi) is 16.0. The van der Waals surface area contributed by atoms with E-state index in [9.17, 15) is 11.1 Å². The largest absolute Gasteiger partial charge is 0.249 e. The van der Waals surface area contributed by atoms with Crippen molar-refractivity contribution in [2.24, 2.45) is 0 Å². The van der Waals surface area contributed by atoms with Crippen LogP contribution in [0, 0.1) is 0 Å². The van der Waals surface area contributed by atoms with E-state index in [0.29, 0.717) is 0 Å². The molecule has 0 N–H and O–H groups in total. The number of rotatable bonds is 15. The highest BCUT2D eigenvalue weighted by Crippen LogP contribution is 2.52. The standard InChI is InChI=1S/C90H63ClSi/c91-92(79-61-76(64-37-13-1-14-38-64)82(67-43-19-4-20-44-67)88(73-55-31-10-32-56-73)85(79)70-49-25-7-26-50-70,80-62-77(65-39-15-2-16-40-65)83(68-45-21-5-22-46-68)89(74-57-33-11-34-58-74)86(80)71-51-27-8-28-52-71)81-63-78(66-41-17-3-18-42-66)84(69-47-23-6-24-48-69)90(75-59-35-12-36-60-75)87(81)72-53-29-9-30-54-72/h1-63H. The molecule has 0 unspecified atom stereocenters. The Labute approximate surface area is 546 Å². The maximum absolute atomic E-state index is 10.5. The Morgan fingerprint density at radius 3 is 0.435 bits per heavy atom. The molecule has 0 radical (unpaired) electrons. The molecule has 0 bridgehead atoms. The lowest BCUT2D eigenvalue weighted by molar-refractivity contribution is 1.54. The lowest BCUT2D eigenvalue weighted by Crippen LogP contribution is -2.65. The number of hydrogen-bond acceptors (Lipinski definition) is 0. The summed E-state index contributed by atoms with van der Waals surface area (Å²) >= 11 is 10.5. The van der Waals surface area contributed by atoms with Crippen LogP contribution in [0.1, 0.15) is 0 Å². The van der Waals surface area contributed by atoms with E-state index in [1.807, 2.05) is 0 Å². The summed E-state index contributed by atoms with van der Waals surface area (Å²) in [6.07, 6.45) is 0. The minimum Gasteiger partial charge on any atom is -0.149 e. The molecule has 434 valence electrons. The van der Waals surface area contributed by atoms with Gasteiger partial charge in [-0.2, -0.15) is 0 Å². The summed E-state index contributed by atoms with van der Waals surface area (Å²) in [7, 11) is -4.44. The second-order valence-electron chi connectivity index (χ2n) is 23.3. The minimum absolute atomic E-state index is 1.06. The van der Waals surface area contributed by atoms with E-state index in [0.717, 1.165) is 149 Å². The smallest absolute Gasteiger partial charge is 0.149 e. The SMILES string of the molecule is Cl[Si](c1cc(-c2ccccc2)c(-c2ccccc2)c(-c2ccccc2)c1-c1ccccc1)(c1cc(-c2ccccc2)c(-c2ccccc2)c(-c2ccccc2)c1-c1ccccc1)c1cc(-c2ccccc2)c(-c2ccccc2)c(-c2ccccc2)c1-c1ccccc1. The molecule has 0 spiro atoms. The second-order valence-corrected chi connectivity index (χ2v) is 28.0. The molecule has 0 amide bonds. The Morgan fingerprint density at radius 1 is 0.141 bits per heavy atom. The summed E-state index contributed by atoms with van der Waals surface area (Å²) in [5.74, 6) is 0. The van der Waals surface area contributed by atoms with Gasteiger partial charge < -0.3 is 0 Å². The predicted molar refractivity (Wildman–Crippen MR) is 395 cm³/mol. The van der Waals surface area contributed by atoms with Crippen LogP contribution in [0.25, 0.3) is 134 Å². The molecule has 0 atom stereocenters. The lowest BCUT2D eigenvalue weighted by atomic mass is 9.82. The van der Waals surface area contributed by atoms with Crippen LogP contribution in [0.3, 0.4) is 0 Å². The van der Waals surface area contributed by atoms with Gasteiger partial charge in [-0.25, -0.2) is 0 Å². The molecule has 0 nitrogen and oxygen atoms in total. The summed E-state index contributed by atoms with van der Waals surface area (Å²) in [5, 5.41) is 3.19. The lowest BCUT2D eigenvalue weighted by Gasteiger charge is -2.38. The zero-order valence-electron chi connectivity index (χ0n) is 50.8. The summed E-state index contributed by atoms with van der Waals surface area (Å²) in [6.45, 7) is 0. The molecule has 0 heterocycles. The molecule has 0 aliphatic carbocycles. The van der Waals surface area contributed by atoms with Crippen LogP contribution in [0.4, 0.5) is 0 Å². The number of halogens is 1. The molecular weight excluding hydrogens is 1140 g/mol. The van der Waals surface area contributed by atoms with Crippen molar-refractivity contribution in [2.75, 3.05) is 0 Å². The van der Waals surface area contributed by atoms with Crippen molar-refractivity contribution < 1.29 is 0 Å². The molecule has 2 heteroatoms. The molecule has 0 fully saturated rings. The van der Waals surface area contributed by atoms with Gasteiger partial charge in [-0.05, 0) is 149 Å². The van der Waals surface area contributed by atoms with Crippen molar-refractivity contribution in [3.05, 3.63) is 382 Å². The van der Waals surface area contributed by atoms with Crippen LogP contribution < -0.4 is 15.6 Å². The average molecular weight is 1210 g/mol. The third-order valence-electron chi connectivity index (χ3n) is 17.9. The van der Waals surface area contributed by atoms with Gasteiger partial charge >= 0.3 is 0 Å². The topological polar surface area (TPSA) is 0 Å². The van der Waals surface area contributed by atoms with Gasteiger partial charge in [0.25, 0.3) is 0 Å². The third-order valence-corrected chi connectivity index (χ3v) is 23.2. The predicted octanol–water partition coefficient (Wildman–Crippen LogP) is 22.9. The Morgan fingerprint density at radius 2 is 0.272 bits per heavy atom. The van der Waals surface area contributed by atoms with Crippen LogP contribution in [0.15, 0.2) is 382 Å². The van der Waals surface area contributed by atoms with Gasteiger partial charge in [0, 0.05) is 0 Å². The van der Waals surface area contributed by atoms with E-state index in [1.54, 1.807) is 0 Å². The summed E-state index contributed by atoms with van der Waals surface area (Å²) in [5.41, 5.74) is 26.3. The molecule has 0 aliphatic heterocycles. The number of hydrogen-bond donors (Lipinski definition) is 0. The van der Waals surface area contributed by atoms with Crippen molar-refractivity contribution in [2.45, 2.75) is 0 Å². The summed E-state index contributed by atoms with van der Waals surface area (Å²) in [4.78, 5) is 0. The highest BCUT2D eigenvalue weighted by molar-refractivity contribution is 7.41. The summed E-state index contributed by atoms with van der Waals surface area (Å²) in [6, 6.07) is 140. The first-order chi connectivity index (χ1) is 45.6. The van der Waals surface area contributed by atoms with E-state index in [4.69, 9.17) is 0 Å². The van der Waals surface area contributed by atoms with Crippen LogP contribution in [-0.2, 0) is 0 Å². The highest BCUT2D eigenvalue weighted by atomic mass is 35.6. The monoisotopic (exact) mass is 1210 g/mol. The fourth-order valence-electron chi connectivity index (χ4n) is 13.9. The first-order valence-corrected chi connectivity index (χ1v) is 34.6. The molecule has 15 aromatic rings. The maximum atomic E-state index is 10.5. The van der Waals surface area contributed by atoms with E-state index < -0.39 is 7.38 Å². The maximum Gasteiger partial charge on any atom is 0.249 e. The van der Waals surface area contributed by atoms with Crippen molar-refractivity contribution in [3.8, 4) is 134 Å². The third kappa shape index (κ3) is 10.7. The van der Waals surface area contributed by atoms with E-state index >= 15 is 0 Å². The van der Waals surface area contributed by atoms with Crippen LogP contribution in [0.2, 0.25) is 0 Å². The molecule has 15 rings (SSSR count). The van der Waals surface area contributed by atoms with E-state index in [-0.39, 0.29) is 0 Å². The van der Waals surface area contributed by atoms with Gasteiger partial charge in [-0.15, -0.1) is 11.1 Å². The van der Waals surface area contributed by atoms with Gasteiger partial charge in [0.2, 0.25) is 7.38 Å². The van der Waals surface area contributed by atoms with Crippen LogP contribution in [0.5, 0.6) is 0 Å². The second kappa shape index (κ2) is 25.7. The van der Waals surface area contributed by atoms with Gasteiger partial charge in [-0.3, -0.25) is 0 Å². The molecular formula is C90H63ClSi. The average Bonchev–Trinajstić information content (AvgIpc) is 0.694. The first kappa shape index (κ1) is 57.3. The van der Waals surface area contributed by atoms with Crippen LogP contribution in [-0.4, -0.2) is 7.38 Å². The van der Waals surface area contributed by atoms with Gasteiger partial charge in [0.15, 0.2) is 0 Å². The van der Waals surface area contributed by atoms with E-state index in [2.05, 4.69) is 382 Å². The number of benzene rings is 15. The molecule has 15 aromatic carbocycles. The van der Waals surface area contributed by atoms with Crippen molar-refractivity contribution in [1.29, 1.82) is 0 Å². The Hall–Kier alpha value is -11.2. The summed E-state index contributed by atoms with van der Waals surface area (Å²) < 4.78 is 0. The zero-order chi connectivity index (χ0) is 61.6. The fourth-order valence-corrected chi connectivity index (χ4v) is 19.0. The van der Waals surface area contributed by atoms with Crippen molar-refractivity contribution in [1.82, 2.24) is 0 Å². The van der Waals surface area contributed by atoms with Gasteiger partial charge in [0.05, 0.1) is 0 Å². The highest BCUT2D eigenvalue weighted by Gasteiger charge is 2.48. The minimum atomic E-state index is -4.44. The Bertz CT molecular complexity index is 4490. The fraction of sp³-hybridized carbons (Fsp3) is 0. The molecule has 0 aromatic heterocycles. The molecule has 0 saturated heterocycles. The Balaban J connectivity index is 1.29. The van der Waals surface area contributed by atoms with E-state index in [1.165, 1.54) is 0 Å². The molecule has 0 aliphatic rings. The van der Waals surface area contributed by atoms with Crippen LogP contribution >= 0.6 is 11.1 Å². The van der Waals surface area contributed by atoms with Gasteiger partial charge in [0.1, 0.15) is 0 Å². The van der Waals surface area contributed by atoms with Gasteiger partial charge in [-0.1, -0.05) is 382 Å². The normalized spacial score (nSPS) is 11.3. The first-order valence-electron chi connectivity index (χ1n) is 31.6. The molecule has 0 saturated carbocycles. The molecule has 92 heavy (non-hydrogen) atoms. The van der Waals surface area contributed by atoms with Crippen molar-refractivity contribution >= 4 is 34.0 Å². The zero-order valence-corrected chi connectivity index (χ0v) is 52.5. The van der Waals surface area contributed by atoms with Crippen molar-refractivity contribution in [3.63, 3.8) is 0 Å². The quantitative estimate of drug-likeness (QED) is 0.0545.